The van der Waals surface area contributed by atoms with Crippen LogP contribution < -0.4 is 26.6 Å². The number of amides is 1. The van der Waals surface area contributed by atoms with Crippen molar-refractivity contribution in [3.8, 4) is 5.75 Å². The summed E-state index contributed by atoms with van der Waals surface area (Å²) in [5.74, 6) is -0.0432. The molecule has 0 unspecified atom stereocenters. The van der Waals surface area contributed by atoms with Gasteiger partial charge in [-0.15, -0.1) is 0 Å². The number of nitrogens with two attached hydrogens (primary N) is 1. The number of carbonyl (C=O) groups excluding carboxylic acids is 1. The van der Waals surface area contributed by atoms with Crippen LogP contribution in [-0.4, -0.2) is 22.1 Å². The van der Waals surface area contributed by atoms with E-state index in [0.29, 0.717) is 5.75 Å². The van der Waals surface area contributed by atoms with Gasteiger partial charge in [0.15, 0.2) is 12.3 Å². The van der Waals surface area contributed by atoms with Crippen molar-refractivity contribution in [3.63, 3.8) is 0 Å². The van der Waals surface area contributed by atoms with Gasteiger partial charge >= 0.3 is 5.69 Å². The van der Waals surface area contributed by atoms with E-state index in [1.807, 2.05) is 79.7 Å². The Morgan fingerprint density at radius 3 is 2.14 bits per heavy atom. The zero-order chi connectivity index (χ0) is 24.8. The Balaban J connectivity index is 1.71. The molecule has 0 spiro atoms. The van der Waals surface area contributed by atoms with Crippen LogP contribution in [0, 0.1) is 6.92 Å². The number of hydrogen-bond donors (Lipinski definition) is 2. The van der Waals surface area contributed by atoms with Crippen LogP contribution in [0.25, 0.3) is 0 Å². The highest BCUT2D eigenvalue weighted by Gasteiger charge is 2.25. The third-order valence-electron chi connectivity index (χ3n) is 5.54. The van der Waals surface area contributed by atoms with Gasteiger partial charge in [-0.2, -0.15) is 0 Å². The van der Waals surface area contributed by atoms with Crippen molar-refractivity contribution < 1.29 is 9.53 Å². The van der Waals surface area contributed by atoms with E-state index < -0.39 is 17.2 Å². The second-order valence-corrected chi connectivity index (χ2v) is 8.13. The number of nitrogens with one attached hydrogen (secondary N) is 1. The molecule has 8 heteroatoms. The molecular weight excluding hydrogens is 444 g/mol. The first-order chi connectivity index (χ1) is 16.9. The smallest absolute Gasteiger partial charge is 0.330 e. The van der Waals surface area contributed by atoms with Crippen LogP contribution >= 0.6 is 0 Å². The van der Waals surface area contributed by atoms with E-state index in [1.54, 1.807) is 12.1 Å². The second-order valence-electron chi connectivity index (χ2n) is 8.13. The summed E-state index contributed by atoms with van der Waals surface area (Å²) in [4.78, 5) is 42.5. The van der Waals surface area contributed by atoms with Gasteiger partial charge in [0.2, 0.25) is 0 Å². The van der Waals surface area contributed by atoms with Gasteiger partial charge in [-0.25, -0.2) is 4.79 Å². The zero-order valence-corrected chi connectivity index (χ0v) is 19.3. The first-order valence-corrected chi connectivity index (χ1v) is 11.1. The monoisotopic (exact) mass is 470 g/mol. The molecule has 4 aromatic rings. The van der Waals surface area contributed by atoms with Gasteiger partial charge in [0, 0.05) is 0 Å². The third-order valence-corrected chi connectivity index (χ3v) is 5.54. The zero-order valence-electron chi connectivity index (χ0n) is 19.3. The fraction of sp³-hybridized carbons (Fsp3) is 0.148. The average molecular weight is 471 g/mol. The minimum Gasteiger partial charge on any atom is -0.484 e. The summed E-state index contributed by atoms with van der Waals surface area (Å²) >= 11 is 0. The lowest BCUT2D eigenvalue weighted by Gasteiger charge is -2.25. The standard InChI is InChI=1S/C27H26N4O4/c1-19-12-14-22(15-13-19)35-18-23(32)30(16-20-8-4-2-5-9-20)24-25(28)31(27(34)29-26(24)33)17-21-10-6-3-7-11-21/h2-15H,16-18,28H2,1H3,(H,29,33,34). The van der Waals surface area contributed by atoms with E-state index in [9.17, 15) is 14.4 Å². The normalized spacial score (nSPS) is 10.7. The molecule has 1 heterocycles. The summed E-state index contributed by atoms with van der Waals surface area (Å²) in [5.41, 5.74) is 7.55. The molecule has 0 fully saturated rings. The number of nitrogen functional groups attached to an aromatic ring is 1. The Kier molecular flexibility index (Phi) is 7.11. The number of nitrogens with zero attached hydrogens (tertiary/aromatic N) is 2. The Labute approximate surface area is 202 Å². The molecule has 0 saturated heterocycles. The summed E-state index contributed by atoms with van der Waals surface area (Å²) < 4.78 is 6.93. The largest absolute Gasteiger partial charge is 0.484 e. The van der Waals surface area contributed by atoms with Gasteiger partial charge in [0.1, 0.15) is 11.6 Å². The highest BCUT2D eigenvalue weighted by Crippen LogP contribution is 2.21. The van der Waals surface area contributed by atoms with Crippen molar-refractivity contribution >= 4 is 17.4 Å². The summed E-state index contributed by atoms with van der Waals surface area (Å²) in [5, 5.41) is 0. The summed E-state index contributed by atoms with van der Waals surface area (Å²) in [6.45, 7) is 1.86. The molecule has 0 aliphatic rings. The Morgan fingerprint density at radius 2 is 1.51 bits per heavy atom. The van der Waals surface area contributed by atoms with Crippen molar-refractivity contribution in [2.45, 2.75) is 20.0 Å². The first-order valence-electron chi connectivity index (χ1n) is 11.1. The number of benzene rings is 3. The fourth-order valence-electron chi connectivity index (χ4n) is 3.68. The number of aryl methyl sites for hydroxylation is 1. The lowest BCUT2D eigenvalue weighted by atomic mass is 10.2. The van der Waals surface area contributed by atoms with Gasteiger partial charge in [0.05, 0.1) is 13.1 Å². The highest BCUT2D eigenvalue weighted by molar-refractivity contribution is 5.96. The van der Waals surface area contributed by atoms with Crippen molar-refractivity contribution in [2.24, 2.45) is 0 Å². The summed E-state index contributed by atoms with van der Waals surface area (Å²) in [6.07, 6.45) is 0. The lowest BCUT2D eigenvalue weighted by molar-refractivity contribution is -0.120. The molecule has 1 amide bonds. The van der Waals surface area contributed by atoms with Crippen LogP contribution in [0.2, 0.25) is 0 Å². The minimum absolute atomic E-state index is 0.0771. The van der Waals surface area contributed by atoms with Crippen LogP contribution in [0.3, 0.4) is 0 Å². The van der Waals surface area contributed by atoms with Crippen LogP contribution in [0.1, 0.15) is 16.7 Å². The lowest BCUT2D eigenvalue weighted by Crippen LogP contribution is -2.42. The van der Waals surface area contributed by atoms with E-state index in [0.717, 1.165) is 16.7 Å². The van der Waals surface area contributed by atoms with Crippen LogP contribution in [0.5, 0.6) is 5.75 Å². The van der Waals surface area contributed by atoms with Crippen molar-refractivity contribution in [2.75, 3.05) is 17.2 Å². The third kappa shape index (κ3) is 5.67. The van der Waals surface area contributed by atoms with E-state index in [4.69, 9.17) is 10.5 Å². The molecule has 0 radical (unpaired) electrons. The maximum atomic E-state index is 13.4. The number of carbonyl (C=O) groups is 1. The second kappa shape index (κ2) is 10.6. The molecule has 0 aliphatic carbocycles. The van der Waals surface area contributed by atoms with E-state index in [-0.39, 0.29) is 31.2 Å². The van der Waals surface area contributed by atoms with Gasteiger partial charge in [-0.1, -0.05) is 78.4 Å². The van der Waals surface area contributed by atoms with E-state index in [1.165, 1.54) is 9.47 Å². The van der Waals surface area contributed by atoms with Crippen molar-refractivity contribution in [1.29, 1.82) is 0 Å². The molecule has 0 atom stereocenters. The molecule has 178 valence electrons. The molecule has 1 aromatic heterocycles. The van der Waals surface area contributed by atoms with Crippen LogP contribution in [-0.2, 0) is 17.9 Å². The number of aromatic amines is 1. The maximum Gasteiger partial charge on any atom is 0.330 e. The molecule has 3 aromatic carbocycles. The maximum absolute atomic E-state index is 13.4. The molecule has 0 aliphatic heterocycles. The van der Waals surface area contributed by atoms with E-state index in [2.05, 4.69) is 4.98 Å². The molecule has 3 N–H and O–H groups in total. The van der Waals surface area contributed by atoms with E-state index >= 15 is 0 Å². The number of hydrogen-bond acceptors (Lipinski definition) is 5. The van der Waals surface area contributed by atoms with Gasteiger partial charge < -0.3 is 10.5 Å². The highest BCUT2D eigenvalue weighted by atomic mass is 16.5. The van der Waals surface area contributed by atoms with Gasteiger partial charge in [-0.3, -0.25) is 24.0 Å². The Morgan fingerprint density at radius 1 is 0.914 bits per heavy atom. The molecule has 8 nitrogen and oxygen atoms in total. The van der Waals surface area contributed by atoms with Crippen LogP contribution in [0.4, 0.5) is 11.5 Å². The number of anilines is 2. The minimum atomic E-state index is -0.739. The van der Waals surface area contributed by atoms with Gasteiger partial charge in [0.25, 0.3) is 11.5 Å². The molecular formula is C27H26N4O4. The molecule has 35 heavy (non-hydrogen) atoms. The quantitative estimate of drug-likeness (QED) is 0.411. The summed E-state index contributed by atoms with van der Waals surface area (Å²) in [6, 6.07) is 25.8. The first kappa shape index (κ1) is 23.6. The topological polar surface area (TPSA) is 110 Å². The molecule has 4 rings (SSSR count). The number of rotatable bonds is 8. The predicted molar refractivity (Wildman–Crippen MR) is 136 cm³/mol. The van der Waals surface area contributed by atoms with Gasteiger partial charge in [-0.05, 0) is 30.2 Å². The SMILES string of the molecule is Cc1ccc(OCC(=O)N(Cc2ccccc2)c2c(N)n(Cc3ccccc3)c(=O)[nH]c2=O)cc1. The molecule has 0 saturated carbocycles. The van der Waals surface area contributed by atoms with Crippen LogP contribution in [0.15, 0.2) is 94.5 Å². The number of H-pyrrole nitrogens is 1. The Hall–Kier alpha value is -4.59. The summed E-state index contributed by atoms with van der Waals surface area (Å²) in [7, 11) is 0. The molecule has 0 bridgehead atoms. The number of aromatic nitrogens is 2. The van der Waals surface area contributed by atoms with Crippen molar-refractivity contribution in [1.82, 2.24) is 9.55 Å². The fourth-order valence-corrected chi connectivity index (χ4v) is 3.68. The Bertz CT molecular complexity index is 1410. The average Bonchev–Trinajstić information content (AvgIpc) is 2.86. The predicted octanol–water partition coefficient (Wildman–Crippen LogP) is 3.09. The van der Waals surface area contributed by atoms with Crippen molar-refractivity contribution in [3.05, 3.63) is 122 Å². The number of ether oxygens (including phenoxy) is 1.